The highest BCUT2D eigenvalue weighted by Crippen LogP contribution is 2.30. The van der Waals surface area contributed by atoms with Crippen LogP contribution in [0.1, 0.15) is 11.1 Å². The second-order valence-corrected chi connectivity index (χ2v) is 7.12. The molecule has 7 nitrogen and oxygen atoms in total. The first-order chi connectivity index (χ1) is 13.3. The first-order valence-corrected chi connectivity index (χ1v) is 9.45. The fourth-order valence-corrected chi connectivity index (χ4v) is 3.57. The average Bonchev–Trinajstić information content (AvgIpc) is 3.31. The van der Waals surface area contributed by atoms with Crippen LogP contribution in [0.15, 0.2) is 68.4 Å². The predicted octanol–water partition coefficient (Wildman–Crippen LogP) is 3.72. The molecular weight excluding hydrogens is 362 g/mol. The van der Waals surface area contributed by atoms with Gasteiger partial charge in [-0.25, -0.2) is 0 Å². The Kier molecular flexibility index (Phi) is 3.90. The van der Waals surface area contributed by atoms with Crippen molar-refractivity contribution in [3.05, 3.63) is 59.7 Å². The van der Waals surface area contributed by atoms with Gasteiger partial charge in [0.05, 0.1) is 5.75 Å². The van der Waals surface area contributed by atoms with Gasteiger partial charge in [0, 0.05) is 16.8 Å². The molecule has 27 heavy (non-hydrogen) atoms. The van der Waals surface area contributed by atoms with Gasteiger partial charge >= 0.3 is 0 Å². The molecule has 8 heteroatoms. The molecule has 0 fully saturated rings. The lowest BCUT2D eigenvalue weighted by Crippen LogP contribution is -2.32. The summed E-state index contributed by atoms with van der Waals surface area (Å²) in [5.41, 5.74) is 4.93. The lowest BCUT2D eigenvalue weighted by Gasteiger charge is -2.18. The van der Waals surface area contributed by atoms with E-state index in [4.69, 9.17) is 9.15 Å². The van der Waals surface area contributed by atoms with Gasteiger partial charge < -0.3 is 14.5 Å². The van der Waals surface area contributed by atoms with Gasteiger partial charge in [0.2, 0.25) is 18.0 Å². The van der Waals surface area contributed by atoms with Crippen molar-refractivity contribution >= 4 is 29.1 Å². The first kappa shape index (κ1) is 16.1. The average molecular weight is 377 g/mol. The Bertz CT molecular complexity index is 1060. The lowest BCUT2D eigenvalue weighted by atomic mass is 10.1. The quantitative estimate of drug-likeness (QED) is 0.698. The maximum atomic E-state index is 5.94. The highest BCUT2D eigenvalue weighted by Gasteiger charge is 2.33. The fraction of sp³-hybridized carbons (Fsp3) is 0.158. The minimum absolute atomic E-state index is 0.308. The van der Waals surface area contributed by atoms with E-state index in [1.54, 1.807) is 0 Å². The molecule has 0 spiro atoms. The second kappa shape index (κ2) is 6.55. The molecule has 0 radical (unpaired) electrons. The van der Waals surface area contributed by atoms with Crippen LogP contribution in [0.5, 0.6) is 0 Å². The first-order valence-electron chi connectivity index (χ1n) is 8.46. The van der Waals surface area contributed by atoms with E-state index in [9.17, 15) is 0 Å². The van der Waals surface area contributed by atoms with Gasteiger partial charge in [0.1, 0.15) is 5.71 Å². The third-order valence-corrected chi connectivity index (χ3v) is 5.06. The summed E-state index contributed by atoms with van der Waals surface area (Å²) in [6, 6.07) is 15.8. The molecule has 0 aliphatic carbocycles. The summed E-state index contributed by atoms with van der Waals surface area (Å²) in [5, 5.41) is 20.5. The third-order valence-electron chi connectivity index (χ3n) is 4.26. The number of benzene rings is 2. The zero-order chi connectivity index (χ0) is 18.2. The summed E-state index contributed by atoms with van der Waals surface area (Å²) in [6.45, 7) is 2.05. The summed E-state index contributed by atoms with van der Waals surface area (Å²) >= 11 is 1.37. The Morgan fingerprint density at radius 2 is 1.96 bits per heavy atom. The molecule has 1 N–H and O–H groups in total. The molecule has 2 aliphatic rings. The molecule has 1 aromatic heterocycles. The summed E-state index contributed by atoms with van der Waals surface area (Å²) in [4.78, 5) is 0. The predicted molar refractivity (Wildman–Crippen MR) is 104 cm³/mol. The number of hydrogen-bond donors (Lipinski definition) is 1. The van der Waals surface area contributed by atoms with Crippen LogP contribution in [0.3, 0.4) is 0 Å². The number of nitrogens with zero attached hydrogens (tertiary/aromatic N) is 4. The molecule has 2 aromatic carbocycles. The van der Waals surface area contributed by atoms with Gasteiger partial charge in [0.25, 0.3) is 5.22 Å². The fourth-order valence-electron chi connectivity index (χ4n) is 2.96. The van der Waals surface area contributed by atoms with E-state index >= 15 is 0 Å². The molecular formula is C19H15N5O2S. The van der Waals surface area contributed by atoms with E-state index in [0.717, 1.165) is 22.5 Å². The Hall–Kier alpha value is -3.13. The highest BCUT2D eigenvalue weighted by atomic mass is 32.2. The SMILES string of the molecule is Cc1ccc2c(c1)C1=NN=C(CSc3nnc(-c4ccccc4)o3)OC1N2. The summed E-state index contributed by atoms with van der Waals surface area (Å²) in [7, 11) is 0. The molecule has 0 saturated carbocycles. The monoisotopic (exact) mass is 377 g/mol. The van der Waals surface area contributed by atoms with Gasteiger partial charge in [-0.05, 0) is 31.2 Å². The highest BCUT2D eigenvalue weighted by molar-refractivity contribution is 7.99. The molecule has 3 heterocycles. The van der Waals surface area contributed by atoms with E-state index in [2.05, 4.69) is 44.8 Å². The number of nitrogens with one attached hydrogen (secondary N) is 1. The number of ether oxygens (including phenoxy) is 1. The van der Waals surface area contributed by atoms with E-state index in [0.29, 0.717) is 22.8 Å². The Labute approximate surface area is 159 Å². The van der Waals surface area contributed by atoms with Crippen LogP contribution in [0.2, 0.25) is 0 Å². The number of aryl methyl sites for hydroxylation is 1. The number of rotatable bonds is 4. The molecule has 0 bridgehead atoms. The standard InChI is InChI=1S/C19H15N5O2S/c1-11-7-8-14-13(9-11)16-18(20-14)25-15(21-22-16)10-27-19-24-23-17(26-19)12-5-3-2-4-6-12/h2-9,18,20H,10H2,1H3. The van der Waals surface area contributed by atoms with Crippen molar-refractivity contribution in [1.82, 2.24) is 10.2 Å². The van der Waals surface area contributed by atoms with E-state index in [-0.39, 0.29) is 6.23 Å². The molecule has 0 saturated heterocycles. The minimum Gasteiger partial charge on any atom is -0.449 e. The van der Waals surface area contributed by atoms with Crippen molar-refractivity contribution in [2.45, 2.75) is 18.4 Å². The van der Waals surface area contributed by atoms with Crippen LogP contribution in [0.4, 0.5) is 5.69 Å². The molecule has 2 aliphatic heterocycles. The van der Waals surface area contributed by atoms with Crippen LogP contribution < -0.4 is 5.32 Å². The normalized spacial score (nSPS) is 17.3. The van der Waals surface area contributed by atoms with Gasteiger partial charge in [-0.15, -0.1) is 20.4 Å². The van der Waals surface area contributed by atoms with Gasteiger partial charge in [-0.3, -0.25) is 0 Å². The smallest absolute Gasteiger partial charge is 0.277 e. The Balaban J connectivity index is 1.28. The van der Waals surface area contributed by atoms with Gasteiger partial charge in [-0.2, -0.15) is 0 Å². The zero-order valence-corrected chi connectivity index (χ0v) is 15.2. The van der Waals surface area contributed by atoms with Crippen molar-refractivity contribution in [3.63, 3.8) is 0 Å². The molecule has 1 atom stereocenters. The van der Waals surface area contributed by atoms with Crippen LogP contribution in [0.25, 0.3) is 11.5 Å². The van der Waals surface area contributed by atoms with Gasteiger partial charge in [-0.1, -0.05) is 41.6 Å². The largest absolute Gasteiger partial charge is 0.449 e. The molecule has 3 aromatic rings. The zero-order valence-electron chi connectivity index (χ0n) is 14.4. The van der Waals surface area contributed by atoms with E-state index in [1.807, 2.05) is 36.4 Å². The lowest BCUT2D eigenvalue weighted by molar-refractivity contribution is 0.276. The topological polar surface area (TPSA) is 84.9 Å². The third kappa shape index (κ3) is 3.08. The van der Waals surface area contributed by atoms with Crippen molar-refractivity contribution in [3.8, 4) is 11.5 Å². The van der Waals surface area contributed by atoms with Crippen molar-refractivity contribution in [2.75, 3.05) is 11.1 Å². The molecule has 1 unspecified atom stereocenters. The molecule has 134 valence electrons. The number of anilines is 1. The van der Waals surface area contributed by atoms with E-state index in [1.165, 1.54) is 17.3 Å². The summed E-state index contributed by atoms with van der Waals surface area (Å²) in [5.74, 6) is 1.47. The number of fused-ring (bicyclic) bond motifs is 3. The number of aromatic nitrogens is 2. The molecule has 0 amide bonds. The maximum absolute atomic E-state index is 5.94. The molecule has 5 rings (SSSR count). The van der Waals surface area contributed by atoms with Crippen LogP contribution in [0, 0.1) is 6.92 Å². The minimum atomic E-state index is -0.308. The van der Waals surface area contributed by atoms with Crippen molar-refractivity contribution in [1.29, 1.82) is 0 Å². The number of thioether (sulfide) groups is 1. The van der Waals surface area contributed by atoms with Crippen molar-refractivity contribution in [2.24, 2.45) is 10.2 Å². The van der Waals surface area contributed by atoms with Crippen LogP contribution >= 0.6 is 11.8 Å². The van der Waals surface area contributed by atoms with Gasteiger partial charge in [0.15, 0.2) is 0 Å². The summed E-state index contributed by atoms with van der Waals surface area (Å²) < 4.78 is 11.6. The van der Waals surface area contributed by atoms with Crippen LogP contribution in [-0.4, -0.2) is 33.8 Å². The second-order valence-electron chi connectivity index (χ2n) is 6.20. The Morgan fingerprint density at radius 1 is 1.07 bits per heavy atom. The Morgan fingerprint density at radius 3 is 2.85 bits per heavy atom. The number of hydrogen-bond acceptors (Lipinski definition) is 8. The van der Waals surface area contributed by atoms with E-state index < -0.39 is 0 Å². The summed E-state index contributed by atoms with van der Waals surface area (Å²) in [6.07, 6.45) is -0.308. The maximum Gasteiger partial charge on any atom is 0.277 e. The van der Waals surface area contributed by atoms with Crippen molar-refractivity contribution < 1.29 is 9.15 Å². The van der Waals surface area contributed by atoms with Crippen LogP contribution in [-0.2, 0) is 4.74 Å².